The van der Waals surface area contributed by atoms with Crippen LogP contribution in [0.15, 0.2) is 170 Å². The van der Waals surface area contributed by atoms with Crippen LogP contribution in [-0.4, -0.2) is 5.54 Å². The second kappa shape index (κ2) is 11.9. The number of para-hydroxylation sites is 1. The highest BCUT2D eigenvalue weighted by Crippen LogP contribution is 2.60. The van der Waals surface area contributed by atoms with Crippen molar-refractivity contribution in [3.05, 3.63) is 209 Å². The first-order valence-corrected chi connectivity index (χ1v) is 21.7. The van der Waals surface area contributed by atoms with Crippen LogP contribution in [0.3, 0.4) is 0 Å². The fraction of sp³-hybridized carbons (Fsp3) is 0.207. The van der Waals surface area contributed by atoms with E-state index in [0.29, 0.717) is 0 Å². The molecule has 2 atom stereocenters. The normalized spacial score (nSPS) is 21.0. The van der Waals surface area contributed by atoms with Gasteiger partial charge in [0.15, 0.2) is 0 Å². The molecule has 2 heteroatoms. The van der Waals surface area contributed by atoms with Gasteiger partial charge in [0.1, 0.15) is 0 Å². The molecule has 0 bridgehead atoms. The summed E-state index contributed by atoms with van der Waals surface area (Å²) >= 11 is 0. The maximum Gasteiger partial charge on any atom is 0.0712 e. The molecule has 0 radical (unpaired) electrons. The Morgan fingerprint density at radius 3 is 1.72 bits per heavy atom. The van der Waals surface area contributed by atoms with E-state index in [0.717, 1.165) is 0 Å². The summed E-state index contributed by atoms with van der Waals surface area (Å²) in [6, 6.07) is 55.7. The van der Waals surface area contributed by atoms with Crippen molar-refractivity contribution in [2.75, 3.05) is 9.80 Å². The quantitative estimate of drug-likeness (QED) is 0.176. The Balaban J connectivity index is 1.05. The fourth-order valence-corrected chi connectivity index (χ4v) is 12.0. The molecule has 2 aliphatic heterocycles. The topological polar surface area (TPSA) is 6.48 Å². The highest BCUT2D eigenvalue weighted by atomic mass is 15.2. The van der Waals surface area contributed by atoms with Gasteiger partial charge in [0, 0.05) is 39.2 Å². The molecule has 2 unspecified atom stereocenters. The molecule has 292 valence electrons. The average Bonchev–Trinajstić information content (AvgIpc) is 3.76. The van der Waals surface area contributed by atoms with Crippen LogP contribution >= 0.6 is 0 Å². The molecular formula is C58H50N2. The minimum Gasteiger partial charge on any atom is -0.331 e. The van der Waals surface area contributed by atoms with E-state index in [1.807, 2.05) is 0 Å². The largest absolute Gasteiger partial charge is 0.331 e. The minimum absolute atomic E-state index is 0.100. The molecule has 0 N–H and O–H groups in total. The van der Waals surface area contributed by atoms with Crippen LogP contribution in [-0.2, 0) is 16.2 Å². The number of anilines is 5. The lowest BCUT2D eigenvalue weighted by Crippen LogP contribution is -2.41. The summed E-state index contributed by atoms with van der Waals surface area (Å²) in [7, 11) is 0. The van der Waals surface area contributed by atoms with Gasteiger partial charge in [-0.05, 0) is 140 Å². The maximum absolute atomic E-state index is 2.59. The lowest BCUT2D eigenvalue weighted by atomic mass is 9.71. The Morgan fingerprint density at radius 2 is 0.983 bits per heavy atom. The van der Waals surface area contributed by atoms with Gasteiger partial charge < -0.3 is 9.80 Å². The van der Waals surface area contributed by atoms with Crippen molar-refractivity contribution in [2.45, 2.75) is 76.2 Å². The molecule has 0 spiro atoms. The van der Waals surface area contributed by atoms with Gasteiger partial charge in [0.25, 0.3) is 0 Å². The highest BCUT2D eigenvalue weighted by Gasteiger charge is 2.48. The first-order valence-electron chi connectivity index (χ1n) is 21.7. The number of hydrogen-bond acceptors (Lipinski definition) is 2. The van der Waals surface area contributed by atoms with Crippen LogP contribution < -0.4 is 9.80 Å². The van der Waals surface area contributed by atoms with E-state index in [2.05, 4.69) is 228 Å². The third kappa shape index (κ3) is 4.54. The van der Waals surface area contributed by atoms with Crippen LogP contribution in [0.1, 0.15) is 93.3 Å². The molecule has 3 aliphatic carbocycles. The van der Waals surface area contributed by atoms with E-state index in [9.17, 15) is 0 Å². The molecule has 0 fully saturated rings. The number of allylic oxidation sites excluding steroid dienone is 2. The summed E-state index contributed by atoms with van der Waals surface area (Å²) in [5.41, 5.74) is 23.2. The summed E-state index contributed by atoms with van der Waals surface area (Å²) in [5, 5.41) is 0. The zero-order chi connectivity index (χ0) is 40.9. The van der Waals surface area contributed by atoms with E-state index < -0.39 is 0 Å². The van der Waals surface area contributed by atoms with Gasteiger partial charge >= 0.3 is 0 Å². The zero-order valence-electron chi connectivity index (χ0n) is 35.6. The molecule has 0 saturated heterocycles. The molecule has 7 aromatic rings. The molecule has 60 heavy (non-hydrogen) atoms. The highest BCUT2D eigenvalue weighted by molar-refractivity contribution is 5.94. The monoisotopic (exact) mass is 774 g/mol. The van der Waals surface area contributed by atoms with Crippen molar-refractivity contribution in [1.29, 1.82) is 0 Å². The first-order chi connectivity index (χ1) is 28.9. The van der Waals surface area contributed by atoms with E-state index in [-0.39, 0.29) is 27.7 Å². The Kier molecular flexibility index (Phi) is 7.04. The third-order valence-corrected chi connectivity index (χ3v) is 15.3. The predicted octanol–water partition coefficient (Wildman–Crippen LogP) is 15.2. The van der Waals surface area contributed by atoms with Crippen LogP contribution in [0.5, 0.6) is 0 Å². The summed E-state index contributed by atoms with van der Waals surface area (Å²) < 4.78 is 0. The average molecular weight is 775 g/mol. The number of fused-ring (bicyclic) bond motifs is 11. The summed E-state index contributed by atoms with van der Waals surface area (Å²) in [6.07, 6.45) is 9.21. The molecular weight excluding hydrogens is 725 g/mol. The Labute approximate surface area is 355 Å². The number of benzene rings is 7. The fourth-order valence-electron chi connectivity index (χ4n) is 12.0. The summed E-state index contributed by atoms with van der Waals surface area (Å²) in [6.45, 7) is 16.8. The molecule has 0 amide bonds. The van der Waals surface area contributed by atoms with E-state index >= 15 is 0 Å². The zero-order valence-corrected chi connectivity index (χ0v) is 35.6. The van der Waals surface area contributed by atoms with Gasteiger partial charge in [0.05, 0.1) is 16.9 Å². The standard InChI is InChI=1S/C58H50N2/c1-55(2)45-21-13-11-19-40(45)42-27-26-39(33-48(42)55)59-53-29-25-37(36-24-28-52-44(31-36)47-23-15-16-30-58(47,7)60(52)38-17-9-8-10-18-38)32-50(53)57(5,6)51-34-43-41-20-12-14-22-46(41)56(3,4)49(43)35-54(51)59/h8-35,47H,1-7H3. The number of nitrogens with zero attached hydrogens (tertiary/aromatic N) is 2. The molecule has 5 aliphatic rings. The smallest absolute Gasteiger partial charge is 0.0712 e. The van der Waals surface area contributed by atoms with E-state index in [1.54, 1.807) is 0 Å². The second-order valence-corrected chi connectivity index (χ2v) is 19.6. The molecule has 0 aromatic heterocycles. The van der Waals surface area contributed by atoms with Gasteiger partial charge in [0.2, 0.25) is 0 Å². The van der Waals surface area contributed by atoms with Gasteiger partial charge in [-0.1, -0.05) is 151 Å². The number of rotatable bonds is 3. The van der Waals surface area contributed by atoms with Crippen molar-refractivity contribution in [3.63, 3.8) is 0 Å². The molecule has 12 rings (SSSR count). The summed E-state index contributed by atoms with van der Waals surface area (Å²) in [5.74, 6) is 0.249. The predicted molar refractivity (Wildman–Crippen MR) is 252 cm³/mol. The lowest BCUT2D eigenvalue weighted by Gasteiger charge is -2.43. The Morgan fingerprint density at radius 1 is 0.400 bits per heavy atom. The van der Waals surface area contributed by atoms with Crippen molar-refractivity contribution in [2.24, 2.45) is 0 Å². The second-order valence-electron chi connectivity index (χ2n) is 19.6. The Bertz CT molecular complexity index is 3050. The Hall–Kier alpha value is -6.38. The van der Waals surface area contributed by atoms with Crippen molar-refractivity contribution in [3.8, 4) is 33.4 Å². The molecule has 0 saturated carbocycles. The third-order valence-electron chi connectivity index (χ3n) is 15.3. The first kappa shape index (κ1) is 35.6. The van der Waals surface area contributed by atoms with Crippen LogP contribution in [0.25, 0.3) is 33.4 Å². The van der Waals surface area contributed by atoms with Crippen molar-refractivity contribution in [1.82, 2.24) is 0 Å². The maximum atomic E-state index is 2.59. The van der Waals surface area contributed by atoms with Gasteiger partial charge in [-0.3, -0.25) is 0 Å². The van der Waals surface area contributed by atoms with E-state index in [4.69, 9.17) is 0 Å². The molecule has 2 nitrogen and oxygen atoms in total. The van der Waals surface area contributed by atoms with E-state index in [1.165, 1.54) is 101 Å². The SMILES string of the molecule is CC1(C)c2ccccc2-c2ccc(N3c4ccc(-c5ccc6c(c5)C5C=CC=CC5(C)N6c5ccccc5)cc4C(C)(C)c4cc5c(cc43)C(C)(C)c3ccccc3-5)cc21. The molecule has 7 aromatic carbocycles. The van der Waals surface area contributed by atoms with Crippen molar-refractivity contribution < 1.29 is 0 Å². The lowest BCUT2D eigenvalue weighted by molar-refractivity contribution is 0.542. The van der Waals surface area contributed by atoms with Crippen LogP contribution in [0, 0.1) is 0 Å². The van der Waals surface area contributed by atoms with Crippen LogP contribution in [0.4, 0.5) is 28.4 Å². The van der Waals surface area contributed by atoms with Gasteiger partial charge in [-0.15, -0.1) is 0 Å². The minimum atomic E-state index is -0.267. The summed E-state index contributed by atoms with van der Waals surface area (Å²) in [4.78, 5) is 5.12. The van der Waals surface area contributed by atoms with Crippen molar-refractivity contribution >= 4 is 28.4 Å². The molecule has 2 heterocycles. The van der Waals surface area contributed by atoms with Gasteiger partial charge in [-0.25, -0.2) is 0 Å². The van der Waals surface area contributed by atoms with Gasteiger partial charge in [-0.2, -0.15) is 0 Å². The number of hydrogen-bond donors (Lipinski definition) is 0. The van der Waals surface area contributed by atoms with Crippen LogP contribution in [0.2, 0.25) is 0 Å².